The van der Waals surface area contributed by atoms with Gasteiger partial charge in [0, 0.05) is 0 Å². The van der Waals surface area contributed by atoms with Crippen LogP contribution in [0.2, 0.25) is 22.7 Å². The fourth-order valence-electron chi connectivity index (χ4n) is 7.35. The van der Waals surface area contributed by atoms with Crippen molar-refractivity contribution in [3.8, 4) is 0 Å². The summed E-state index contributed by atoms with van der Waals surface area (Å²) in [6.45, 7) is 15.6. The van der Waals surface area contributed by atoms with Crippen molar-refractivity contribution in [1.82, 2.24) is 4.23 Å². The Morgan fingerprint density at radius 3 is 0.976 bits per heavy atom. The Labute approximate surface area is 267 Å². The van der Waals surface area contributed by atoms with E-state index >= 15 is 0 Å². The fourth-order valence-corrected chi connectivity index (χ4v) is 25.2. The molecule has 0 unspecified atom stereocenters. The summed E-state index contributed by atoms with van der Waals surface area (Å²) >= 11 is 13.6. The highest BCUT2D eigenvalue weighted by atomic mass is 35.7. The van der Waals surface area contributed by atoms with Crippen molar-refractivity contribution in [3.63, 3.8) is 0 Å². The second kappa shape index (κ2) is 13.0. The van der Waals surface area contributed by atoms with Crippen LogP contribution in [0, 0.1) is 0 Å². The average molecular weight is 649 g/mol. The number of hydrogen-bond acceptors (Lipinski definition) is 1. The Bertz CT molecular complexity index is 1210. The van der Waals surface area contributed by atoms with Gasteiger partial charge in [0.05, 0.1) is 0 Å². The van der Waals surface area contributed by atoms with Crippen LogP contribution in [-0.2, 0) is 0 Å². The highest BCUT2D eigenvalue weighted by Gasteiger charge is 2.63. The molecule has 0 amide bonds. The number of rotatable bonds is 10. The third kappa shape index (κ3) is 6.31. The Morgan fingerprint density at radius 2 is 0.762 bits per heavy atom. The molecule has 0 saturated heterocycles. The van der Waals surface area contributed by atoms with Gasteiger partial charge in [0.15, 0.2) is 16.5 Å². The third-order valence-corrected chi connectivity index (χ3v) is 24.2. The van der Waals surface area contributed by atoms with E-state index in [4.69, 9.17) is 22.2 Å². The van der Waals surface area contributed by atoms with Gasteiger partial charge >= 0.3 is 0 Å². The molecule has 4 rings (SSSR count). The first kappa shape index (κ1) is 33.0. The minimum Gasteiger partial charge on any atom is -0.330 e. The topological polar surface area (TPSA) is 3.24 Å². The van der Waals surface area contributed by atoms with E-state index in [0.717, 1.165) is 19.0 Å². The van der Waals surface area contributed by atoms with E-state index in [0.29, 0.717) is 0 Å². The predicted octanol–water partition coefficient (Wildman–Crippen LogP) is 8.35. The summed E-state index contributed by atoms with van der Waals surface area (Å²) in [4.78, 5) is 0. The molecule has 1 nitrogen and oxygen atoms in total. The second-order valence-electron chi connectivity index (χ2n) is 13.7. The molecule has 4 aromatic carbocycles. The Hall–Kier alpha value is -1.93. The number of halogens is 2. The summed E-state index contributed by atoms with van der Waals surface area (Å²) < 4.78 is 3.11. The lowest BCUT2D eigenvalue weighted by Crippen LogP contribution is -2.88. The van der Waals surface area contributed by atoms with Crippen LogP contribution in [-0.4, -0.2) is 33.9 Å². The van der Waals surface area contributed by atoms with Crippen LogP contribution in [0.5, 0.6) is 0 Å². The van der Waals surface area contributed by atoms with Gasteiger partial charge in [-0.2, -0.15) is 0 Å². The van der Waals surface area contributed by atoms with Gasteiger partial charge in [-0.3, -0.25) is 0 Å². The van der Waals surface area contributed by atoms with Gasteiger partial charge in [-0.25, -0.2) is 0 Å². The molecule has 0 N–H and O–H groups in total. The van der Waals surface area contributed by atoms with Gasteiger partial charge in [0.2, 0.25) is 6.69 Å². The summed E-state index contributed by atoms with van der Waals surface area (Å²) in [6.07, 6.45) is 0.963. The maximum absolute atomic E-state index is 6.80. The quantitative estimate of drug-likeness (QED) is 0.123. The van der Waals surface area contributed by atoms with Crippen LogP contribution in [0.4, 0.5) is 0 Å². The highest BCUT2D eigenvalue weighted by molar-refractivity contribution is 7.44. The second-order valence-corrected chi connectivity index (χ2v) is 31.6. The zero-order valence-corrected chi connectivity index (χ0v) is 30.9. The van der Waals surface area contributed by atoms with Crippen LogP contribution in [0.1, 0.15) is 48.0 Å². The van der Waals surface area contributed by atoms with Crippen LogP contribution in [0.3, 0.4) is 0 Å². The summed E-state index contributed by atoms with van der Waals surface area (Å²) in [5.41, 5.74) is 0. The predicted molar refractivity (Wildman–Crippen MR) is 195 cm³/mol. The summed E-state index contributed by atoms with van der Waals surface area (Å²) in [5.74, 6) is 0. The lowest BCUT2D eigenvalue weighted by molar-refractivity contribution is 0.528. The van der Waals surface area contributed by atoms with E-state index in [1.54, 1.807) is 0 Å². The molecule has 6 heteroatoms. The van der Waals surface area contributed by atoms with Gasteiger partial charge in [-0.05, 0) is 56.4 Å². The van der Waals surface area contributed by atoms with E-state index < -0.39 is 23.2 Å². The molecule has 0 aliphatic heterocycles. The van der Waals surface area contributed by atoms with Crippen molar-refractivity contribution >= 4 is 66.1 Å². The number of benzene rings is 4. The normalized spacial score (nSPS) is 13.4. The number of hydrogen-bond donors (Lipinski definition) is 0. The maximum Gasteiger partial charge on any atom is 0.248 e. The zero-order chi connectivity index (χ0) is 30.7. The van der Waals surface area contributed by atoms with Gasteiger partial charge in [-0.15, -0.1) is 22.2 Å². The third-order valence-electron chi connectivity index (χ3n) is 8.74. The average Bonchev–Trinajstić information content (AvgIpc) is 2.94. The van der Waals surface area contributed by atoms with Crippen molar-refractivity contribution in [1.29, 1.82) is 0 Å². The highest BCUT2D eigenvalue weighted by Crippen LogP contribution is 2.47. The van der Waals surface area contributed by atoms with Crippen molar-refractivity contribution in [2.75, 3.05) is 6.54 Å². The zero-order valence-electron chi connectivity index (χ0n) is 26.4. The molecule has 0 radical (unpaired) electrons. The maximum atomic E-state index is 6.80. The minimum absolute atomic E-state index is 0.0502. The molecule has 222 valence electrons. The van der Waals surface area contributed by atoms with Crippen LogP contribution >= 0.6 is 22.2 Å². The minimum atomic E-state index is -2.76. The smallest absolute Gasteiger partial charge is 0.248 e. The van der Waals surface area contributed by atoms with Crippen molar-refractivity contribution in [3.05, 3.63) is 121 Å². The molecule has 0 heterocycles. The molecule has 0 spiro atoms. The molecule has 42 heavy (non-hydrogen) atoms. The molecule has 0 aromatic heterocycles. The molecule has 0 saturated carbocycles. The van der Waals surface area contributed by atoms with E-state index in [1.807, 2.05) is 0 Å². The van der Waals surface area contributed by atoms with Crippen LogP contribution in [0.15, 0.2) is 121 Å². The standard InChI is InChI=1S/C36H47Cl2NSi3/c1-35(2,3)41(31-21-12-8-13-22-31,32-23-14-9-15-24-32)39(29-20-30-40(7,37)38)42(36(4,5)6,33-25-16-10-17-26-33)34-27-18-11-19-28-34/h8-19,21-28H,20,29-30H2,1-7H3. The molecule has 0 atom stereocenters. The summed E-state index contributed by atoms with van der Waals surface area (Å²) in [7, 11) is -5.52. The fraction of sp³-hybridized carbons (Fsp3) is 0.333. The lowest BCUT2D eigenvalue weighted by atomic mass is 10.2. The first-order valence-corrected chi connectivity index (χ1v) is 23.8. The van der Waals surface area contributed by atoms with Crippen LogP contribution < -0.4 is 20.7 Å². The molecule has 4 aromatic rings. The van der Waals surface area contributed by atoms with Crippen molar-refractivity contribution in [2.45, 2.75) is 70.6 Å². The van der Waals surface area contributed by atoms with E-state index in [2.05, 4.69) is 174 Å². The van der Waals surface area contributed by atoms with Gasteiger partial charge in [0.1, 0.15) is 0 Å². The lowest BCUT2D eigenvalue weighted by Gasteiger charge is -2.62. The van der Waals surface area contributed by atoms with E-state index in [-0.39, 0.29) is 10.1 Å². The molecule has 0 bridgehead atoms. The molecule has 0 fully saturated rings. The van der Waals surface area contributed by atoms with Crippen molar-refractivity contribution in [2.24, 2.45) is 0 Å². The van der Waals surface area contributed by atoms with Gasteiger partial charge in [-0.1, -0.05) is 163 Å². The van der Waals surface area contributed by atoms with Gasteiger partial charge in [0.25, 0.3) is 0 Å². The van der Waals surface area contributed by atoms with E-state index in [1.165, 1.54) is 20.7 Å². The molecular weight excluding hydrogens is 602 g/mol. The van der Waals surface area contributed by atoms with Crippen molar-refractivity contribution < 1.29 is 0 Å². The Morgan fingerprint density at radius 1 is 0.500 bits per heavy atom. The molecule has 0 aliphatic carbocycles. The largest absolute Gasteiger partial charge is 0.330 e. The summed E-state index contributed by atoms with van der Waals surface area (Å²) in [5, 5.41) is 5.71. The molecule has 0 aliphatic rings. The first-order chi connectivity index (χ1) is 19.8. The van der Waals surface area contributed by atoms with Gasteiger partial charge < -0.3 is 4.23 Å². The Balaban J connectivity index is 2.25. The van der Waals surface area contributed by atoms with Crippen LogP contribution in [0.25, 0.3) is 0 Å². The molecular formula is C36H47Cl2NSi3. The monoisotopic (exact) mass is 647 g/mol. The number of nitrogens with zero attached hydrogens (tertiary/aromatic N) is 1. The van der Waals surface area contributed by atoms with E-state index in [9.17, 15) is 0 Å². The SMILES string of the molecule is CC(C)(C)[Si](c1ccccc1)(c1ccccc1)N(CCC[Si](C)(Cl)Cl)[Si](c1ccccc1)(c1ccccc1)C(C)(C)C. The Kier molecular flexibility index (Phi) is 10.2. The summed E-state index contributed by atoms with van der Waals surface area (Å²) in [6, 6.07) is 46.5. The first-order valence-electron chi connectivity index (χ1n) is 15.1.